The molecular weight excluding hydrogens is 382 g/mol. The Morgan fingerprint density at radius 1 is 1.18 bits per heavy atom. The van der Waals surface area contributed by atoms with Crippen LogP contribution in [-0.4, -0.2) is 53.8 Å². The lowest BCUT2D eigenvalue weighted by Crippen LogP contribution is -2.43. The quantitative estimate of drug-likeness (QED) is 0.711. The van der Waals surface area contributed by atoms with Crippen LogP contribution in [-0.2, 0) is 22.6 Å². The number of carbonyl (C=O) groups excluding carboxylic acids is 1. The summed E-state index contributed by atoms with van der Waals surface area (Å²) in [5.41, 5.74) is 1.15. The van der Waals surface area contributed by atoms with Crippen LogP contribution in [0, 0.1) is 0 Å². The average molecular weight is 408 g/mol. The number of halogens is 1. The van der Waals surface area contributed by atoms with Gasteiger partial charge in [-0.1, -0.05) is 29.8 Å². The predicted octanol–water partition coefficient (Wildman–Crippen LogP) is 1.84. The summed E-state index contributed by atoms with van der Waals surface area (Å²) in [5, 5.41) is 14.1. The molecule has 0 aliphatic carbocycles. The molecule has 1 fully saturated rings. The summed E-state index contributed by atoms with van der Waals surface area (Å²) < 4.78 is 5.64. The molecule has 2 heterocycles. The van der Waals surface area contributed by atoms with Gasteiger partial charge in [0.1, 0.15) is 0 Å². The summed E-state index contributed by atoms with van der Waals surface area (Å²) in [6, 6.07) is 9.21. The first kappa shape index (κ1) is 21.9. The first-order valence-electron chi connectivity index (χ1n) is 9.19. The van der Waals surface area contributed by atoms with Gasteiger partial charge in [0.15, 0.2) is 5.75 Å². The normalized spacial score (nSPS) is 14.1. The Morgan fingerprint density at radius 2 is 1.89 bits per heavy atom. The smallest absolute Gasteiger partial charge is 0.293 e. The van der Waals surface area contributed by atoms with Crippen LogP contribution in [0.5, 0.6) is 5.75 Å². The molecule has 1 aromatic carbocycles. The topological polar surface area (TPSA) is 83.8 Å². The number of benzene rings is 1. The molecule has 28 heavy (non-hydrogen) atoms. The van der Waals surface area contributed by atoms with Crippen LogP contribution in [0.15, 0.2) is 41.3 Å². The molecule has 0 spiro atoms. The average Bonchev–Trinajstić information content (AvgIpc) is 2.71. The number of piperazine rings is 1. The van der Waals surface area contributed by atoms with Crippen molar-refractivity contribution in [1.82, 2.24) is 14.8 Å². The molecule has 0 bridgehead atoms. The van der Waals surface area contributed by atoms with Gasteiger partial charge in [0.25, 0.3) is 12.0 Å². The number of nitrogens with zero attached hydrogens (tertiary/aromatic N) is 2. The zero-order valence-electron chi connectivity index (χ0n) is 15.9. The molecule has 1 aliphatic heterocycles. The van der Waals surface area contributed by atoms with Crippen molar-refractivity contribution in [2.24, 2.45) is 0 Å². The maximum atomic E-state index is 12.4. The highest BCUT2D eigenvalue weighted by Gasteiger charge is 2.15. The van der Waals surface area contributed by atoms with Crippen molar-refractivity contribution in [1.29, 1.82) is 0 Å². The molecule has 2 N–H and O–H groups in total. The summed E-state index contributed by atoms with van der Waals surface area (Å²) in [4.78, 5) is 23.8. The summed E-state index contributed by atoms with van der Waals surface area (Å²) >= 11 is 6.14. The van der Waals surface area contributed by atoms with E-state index in [0.717, 1.165) is 31.7 Å². The number of aromatic hydroxyl groups is 1. The minimum absolute atomic E-state index is 0.168. The molecule has 0 saturated carbocycles. The molecule has 152 valence electrons. The number of hydrogen-bond acceptors (Lipinski definition) is 6. The summed E-state index contributed by atoms with van der Waals surface area (Å²) in [6.07, 6.45) is 1.73. The molecule has 0 radical (unpaired) electrons. The van der Waals surface area contributed by atoms with Gasteiger partial charge in [-0.2, -0.15) is 0 Å². The van der Waals surface area contributed by atoms with Gasteiger partial charge in [-0.3, -0.25) is 14.5 Å². The van der Waals surface area contributed by atoms with Crippen molar-refractivity contribution in [3.8, 4) is 5.75 Å². The predicted molar refractivity (Wildman–Crippen MR) is 109 cm³/mol. The van der Waals surface area contributed by atoms with Gasteiger partial charge in [0.05, 0.1) is 13.2 Å². The van der Waals surface area contributed by atoms with E-state index in [9.17, 15) is 14.7 Å². The van der Waals surface area contributed by atoms with Crippen LogP contribution in [0.2, 0.25) is 5.02 Å². The Morgan fingerprint density at radius 3 is 2.50 bits per heavy atom. The van der Waals surface area contributed by atoms with Gasteiger partial charge in [-0.05, 0) is 24.6 Å². The third-order valence-corrected chi connectivity index (χ3v) is 4.73. The fourth-order valence-electron chi connectivity index (χ4n) is 2.84. The highest BCUT2D eigenvalue weighted by atomic mass is 35.5. The Balaban J connectivity index is 0.000000500. The summed E-state index contributed by atoms with van der Waals surface area (Å²) in [5.74, 6) is -0.168. The van der Waals surface area contributed by atoms with E-state index in [-0.39, 0.29) is 11.3 Å². The van der Waals surface area contributed by atoms with Crippen molar-refractivity contribution < 1.29 is 14.6 Å². The van der Waals surface area contributed by atoms with Crippen molar-refractivity contribution in [2.75, 3.05) is 32.8 Å². The first-order valence-corrected chi connectivity index (χ1v) is 9.57. The standard InChI is InChI=1S/C17H20ClN3O2.C3H6O2/c18-15-4-2-1-3-13(15)12-21-8-5-14(16(22)17(21)23)11-20-9-6-19-7-10-20;1-2-5-3-4/h1-5,8,19,22H,6-7,9-12H2;3H,2H2,1H3. The number of hydrogen-bond donors (Lipinski definition) is 2. The van der Waals surface area contributed by atoms with E-state index in [0.29, 0.717) is 36.8 Å². The van der Waals surface area contributed by atoms with E-state index in [2.05, 4.69) is 15.0 Å². The van der Waals surface area contributed by atoms with Gasteiger partial charge in [-0.25, -0.2) is 0 Å². The monoisotopic (exact) mass is 407 g/mol. The molecule has 1 aliphatic rings. The van der Waals surface area contributed by atoms with Gasteiger partial charge in [0, 0.05) is 49.5 Å². The van der Waals surface area contributed by atoms with Gasteiger partial charge < -0.3 is 19.7 Å². The van der Waals surface area contributed by atoms with Crippen LogP contribution in [0.1, 0.15) is 18.1 Å². The molecule has 0 atom stereocenters. The second kappa shape index (κ2) is 11.5. The van der Waals surface area contributed by atoms with E-state index in [1.807, 2.05) is 24.3 Å². The number of aromatic nitrogens is 1. The van der Waals surface area contributed by atoms with E-state index in [1.54, 1.807) is 19.2 Å². The third kappa shape index (κ3) is 6.37. The van der Waals surface area contributed by atoms with Crippen LogP contribution in [0.4, 0.5) is 0 Å². The molecule has 1 aromatic heterocycles. The Kier molecular flexibility index (Phi) is 9.00. The van der Waals surface area contributed by atoms with Crippen LogP contribution in [0.3, 0.4) is 0 Å². The van der Waals surface area contributed by atoms with Crippen LogP contribution >= 0.6 is 11.6 Å². The largest absolute Gasteiger partial charge is 0.503 e. The number of nitrogens with one attached hydrogen (secondary N) is 1. The Labute approximate surface area is 169 Å². The maximum absolute atomic E-state index is 12.4. The van der Waals surface area contributed by atoms with Crippen molar-refractivity contribution in [2.45, 2.75) is 20.0 Å². The van der Waals surface area contributed by atoms with Gasteiger partial charge in [-0.15, -0.1) is 0 Å². The number of rotatable bonds is 6. The first-order chi connectivity index (χ1) is 13.6. The number of ether oxygens (including phenoxy) is 1. The number of carbonyl (C=O) groups is 1. The highest BCUT2D eigenvalue weighted by Crippen LogP contribution is 2.18. The second-order valence-electron chi connectivity index (χ2n) is 6.29. The van der Waals surface area contributed by atoms with Crippen molar-refractivity contribution >= 4 is 18.1 Å². The van der Waals surface area contributed by atoms with Gasteiger partial charge in [0.2, 0.25) is 0 Å². The molecule has 7 nitrogen and oxygen atoms in total. The number of pyridine rings is 1. The fourth-order valence-corrected chi connectivity index (χ4v) is 3.04. The van der Waals surface area contributed by atoms with E-state index < -0.39 is 0 Å². The lowest BCUT2D eigenvalue weighted by atomic mass is 10.2. The third-order valence-electron chi connectivity index (χ3n) is 4.36. The fraction of sp³-hybridized carbons (Fsp3) is 0.400. The van der Waals surface area contributed by atoms with Crippen molar-refractivity contribution in [3.63, 3.8) is 0 Å². The molecular formula is C20H26ClN3O4. The minimum atomic E-state index is -0.377. The zero-order chi connectivity index (χ0) is 20.4. The summed E-state index contributed by atoms with van der Waals surface area (Å²) in [6.45, 7) is 7.31. The zero-order valence-corrected chi connectivity index (χ0v) is 16.7. The van der Waals surface area contributed by atoms with Crippen LogP contribution < -0.4 is 10.9 Å². The van der Waals surface area contributed by atoms with Crippen LogP contribution in [0.25, 0.3) is 0 Å². The molecule has 2 aromatic rings. The van der Waals surface area contributed by atoms with Gasteiger partial charge >= 0.3 is 0 Å². The second-order valence-corrected chi connectivity index (χ2v) is 6.70. The maximum Gasteiger partial charge on any atom is 0.293 e. The SMILES string of the molecule is CCOC=O.O=c1c(O)c(CN2CCNCC2)ccn1Cc1ccccc1Cl. The Bertz CT molecular complexity index is 819. The summed E-state index contributed by atoms with van der Waals surface area (Å²) in [7, 11) is 0. The van der Waals surface area contributed by atoms with E-state index in [4.69, 9.17) is 11.6 Å². The molecule has 3 rings (SSSR count). The lowest BCUT2D eigenvalue weighted by Gasteiger charge is -2.27. The lowest BCUT2D eigenvalue weighted by molar-refractivity contribution is -0.128. The highest BCUT2D eigenvalue weighted by molar-refractivity contribution is 6.31. The van der Waals surface area contributed by atoms with E-state index in [1.165, 1.54) is 4.57 Å². The van der Waals surface area contributed by atoms with E-state index >= 15 is 0 Å². The molecule has 0 amide bonds. The minimum Gasteiger partial charge on any atom is -0.503 e. The Hall–Kier alpha value is -2.35. The van der Waals surface area contributed by atoms with Crippen molar-refractivity contribution in [3.05, 3.63) is 63.0 Å². The molecule has 1 saturated heterocycles. The molecule has 8 heteroatoms. The molecule has 0 unspecified atom stereocenters.